The Morgan fingerprint density at radius 2 is 1.75 bits per heavy atom. The molecule has 1 amide bonds. The lowest BCUT2D eigenvalue weighted by atomic mass is 9.98. The number of piperidine rings is 1. The summed E-state index contributed by atoms with van der Waals surface area (Å²) in [6, 6.07) is 18.0. The first-order valence-electron chi connectivity index (χ1n) is 10.4. The van der Waals surface area contributed by atoms with Crippen LogP contribution in [0.1, 0.15) is 51.6 Å². The van der Waals surface area contributed by atoms with E-state index in [1.165, 1.54) is 18.5 Å². The molecule has 0 radical (unpaired) electrons. The van der Waals surface area contributed by atoms with Crippen LogP contribution in [0, 0.1) is 5.92 Å². The van der Waals surface area contributed by atoms with Crippen LogP contribution in [-0.4, -0.2) is 25.1 Å². The van der Waals surface area contributed by atoms with Gasteiger partial charge in [-0.15, -0.1) is 0 Å². The van der Waals surface area contributed by atoms with Crippen molar-refractivity contribution in [2.75, 3.05) is 18.0 Å². The molecule has 3 rings (SSSR count). The fourth-order valence-corrected chi connectivity index (χ4v) is 3.62. The smallest absolute Gasteiger partial charge is 0.261 e. The summed E-state index contributed by atoms with van der Waals surface area (Å²) in [6.07, 6.45) is 2.65. The van der Waals surface area contributed by atoms with Crippen molar-refractivity contribution < 1.29 is 9.53 Å². The quantitative estimate of drug-likeness (QED) is 0.738. The molecular formula is C24H32N2O2. The maximum absolute atomic E-state index is 12.7. The molecule has 1 N–H and O–H groups in total. The van der Waals surface area contributed by atoms with Crippen molar-refractivity contribution in [1.82, 2.24) is 5.32 Å². The van der Waals surface area contributed by atoms with Gasteiger partial charge >= 0.3 is 0 Å². The van der Waals surface area contributed by atoms with E-state index in [1.807, 2.05) is 44.2 Å². The Hall–Kier alpha value is -2.49. The molecule has 150 valence electrons. The van der Waals surface area contributed by atoms with Gasteiger partial charge in [0.25, 0.3) is 5.91 Å². The highest BCUT2D eigenvalue weighted by Gasteiger charge is 2.21. The lowest BCUT2D eigenvalue weighted by molar-refractivity contribution is -0.128. The second kappa shape index (κ2) is 9.63. The van der Waals surface area contributed by atoms with Crippen molar-refractivity contribution in [3.05, 3.63) is 60.2 Å². The molecule has 0 spiro atoms. The normalized spacial score (nSPS) is 17.0. The third kappa shape index (κ3) is 5.28. The number of hydrogen-bond donors (Lipinski definition) is 1. The lowest BCUT2D eigenvalue weighted by Crippen LogP contribution is -2.39. The number of benzene rings is 2. The number of rotatable bonds is 7. The predicted octanol–water partition coefficient (Wildman–Crippen LogP) is 4.96. The first-order chi connectivity index (χ1) is 13.6. The predicted molar refractivity (Wildman–Crippen MR) is 115 cm³/mol. The molecular weight excluding hydrogens is 348 g/mol. The van der Waals surface area contributed by atoms with Crippen molar-refractivity contribution in [1.29, 1.82) is 0 Å². The monoisotopic (exact) mass is 380 g/mol. The fourth-order valence-electron chi connectivity index (χ4n) is 3.62. The number of carbonyl (C=O) groups excluding carboxylic acids is 1. The van der Waals surface area contributed by atoms with Gasteiger partial charge in [-0.3, -0.25) is 4.79 Å². The molecule has 1 aliphatic heterocycles. The lowest BCUT2D eigenvalue weighted by Gasteiger charge is -2.32. The van der Waals surface area contributed by atoms with Crippen LogP contribution >= 0.6 is 0 Å². The van der Waals surface area contributed by atoms with E-state index in [0.29, 0.717) is 6.42 Å². The highest BCUT2D eigenvalue weighted by molar-refractivity contribution is 5.81. The highest BCUT2D eigenvalue weighted by atomic mass is 16.5. The number of nitrogens with zero attached hydrogens (tertiary/aromatic N) is 1. The van der Waals surface area contributed by atoms with Gasteiger partial charge in [-0.2, -0.15) is 0 Å². The van der Waals surface area contributed by atoms with Gasteiger partial charge in [-0.1, -0.05) is 44.2 Å². The molecule has 2 aromatic rings. The molecule has 1 heterocycles. The van der Waals surface area contributed by atoms with Crippen molar-refractivity contribution in [3.63, 3.8) is 0 Å². The number of ether oxygens (including phenoxy) is 1. The zero-order valence-corrected chi connectivity index (χ0v) is 17.2. The zero-order valence-electron chi connectivity index (χ0n) is 17.2. The van der Waals surface area contributed by atoms with E-state index in [0.717, 1.165) is 30.3 Å². The number of nitrogens with one attached hydrogen (secondary N) is 1. The van der Waals surface area contributed by atoms with Crippen molar-refractivity contribution in [3.8, 4) is 5.75 Å². The Morgan fingerprint density at radius 3 is 2.36 bits per heavy atom. The van der Waals surface area contributed by atoms with Crippen LogP contribution in [0.4, 0.5) is 5.69 Å². The van der Waals surface area contributed by atoms with Crippen LogP contribution < -0.4 is 15.0 Å². The van der Waals surface area contributed by atoms with Crippen molar-refractivity contribution >= 4 is 11.6 Å². The number of hydrogen-bond acceptors (Lipinski definition) is 3. The molecule has 28 heavy (non-hydrogen) atoms. The molecule has 2 atom stereocenters. The summed E-state index contributed by atoms with van der Waals surface area (Å²) in [7, 11) is 0. The molecule has 0 aromatic heterocycles. The summed E-state index contributed by atoms with van der Waals surface area (Å²) < 4.78 is 5.85. The number of carbonyl (C=O) groups is 1. The van der Waals surface area contributed by atoms with Crippen LogP contribution in [0.5, 0.6) is 5.75 Å². The summed E-state index contributed by atoms with van der Waals surface area (Å²) in [4.78, 5) is 15.1. The summed E-state index contributed by atoms with van der Waals surface area (Å²) in [5, 5.41) is 3.09. The second-order valence-corrected chi connectivity index (χ2v) is 7.82. The standard InChI is InChI=1S/C24H32N2O2/c1-4-23(28-22-8-6-5-7-9-22)24(27)25-19(3)20-10-12-21(13-11-20)26-16-14-18(2)15-17-26/h5-13,18-19,23H,4,14-17H2,1-3H3,(H,25,27)/t19-,23-/m0/s1. The Bertz CT molecular complexity index is 737. The molecule has 0 unspecified atom stereocenters. The van der Waals surface area contributed by atoms with Crippen LogP contribution in [0.3, 0.4) is 0 Å². The van der Waals surface area contributed by atoms with Gasteiger partial charge in [0.1, 0.15) is 5.75 Å². The SMILES string of the molecule is CC[C@H](Oc1ccccc1)C(=O)N[C@@H](C)c1ccc(N2CCC(C)CC2)cc1. The minimum absolute atomic E-state index is 0.0589. The van der Waals surface area contributed by atoms with Gasteiger partial charge in [0.15, 0.2) is 6.10 Å². The number of amides is 1. The first-order valence-corrected chi connectivity index (χ1v) is 10.4. The summed E-state index contributed by atoms with van der Waals surface area (Å²) in [5.74, 6) is 1.47. The fraction of sp³-hybridized carbons (Fsp3) is 0.458. The van der Waals surface area contributed by atoms with Crippen LogP contribution in [-0.2, 0) is 4.79 Å². The topological polar surface area (TPSA) is 41.6 Å². The molecule has 0 bridgehead atoms. The Balaban J connectivity index is 1.57. The second-order valence-electron chi connectivity index (χ2n) is 7.82. The van der Waals surface area contributed by atoms with Gasteiger partial charge < -0.3 is 15.0 Å². The number of para-hydroxylation sites is 1. The first kappa shape index (κ1) is 20.2. The van der Waals surface area contributed by atoms with E-state index in [9.17, 15) is 4.79 Å². The van der Waals surface area contributed by atoms with Crippen LogP contribution in [0.15, 0.2) is 54.6 Å². The maximum atomic E-state index is 12.7. The molecule has 4 heteroatoms. The molecule has 4 nitrogen and oxygen atoms in total. The number of anilines is 1. The van der Waals surface area contributed by atoms with Gasteiger partial charge in [0.2, 0.25) is 0 Å². The van der Waals surface area contributed by atoms with Crippen molar-refractivity contribution in [2.45, 2.75) is 52.2 Å². The van der Waals surface area contributed by atoms with E-state index >= 15 is 0 Å². The largest absolute Gasteiger partial charge is 0.481 e. The average molecular weight is 381 g/mol. The molecule has 2 aromatic carbocycles. The summed E-state index contributed by atoms with van der Waals surface area (Å²) in [5.41, 5.74) is 2.38. The Morgan fingerprint density at radius 1 is 1.11 bits per heavy atom. The Kier molecular flexibility index (Phi) is 6.96. The van der Waals surface area contributed by atoms with E-state index in [4.69, 9.17) is 4.74 Å². The van der Waals surface area contributed by atoms with E-state index in [1.54, 1.807) is 0 Å². The third-order valence-corrected chi connectivity index (χ3v) is 5.59. The van der Waals surface area contributed by atoms with Crippen molar-refractivity contribution in [2.24, 2.45) is 5.92 Å². The Labute approximate surface area is 168 Å². The molecule has 1 fully saturated rings. The van der Waals surface area contributed by atoms with Crippen LogP contribution in [0.25, 0.3) is 0 Å². The summed E-state index contributed by atoms with van der Waals surface area (Å²) >= 11 is 0. The van der Waals surface area contributed by atoms with E-state index < -0.39 is 6.10 Å². The molecule has 0 saturated carbocycles. The van der Waals surface area contributed by atoms with Gasteiger partial charge in [-0.05, 0) is 61.9 Å². The van der Waals surface area contributed by atoms with E-state index in [2.05, 4.69) is 41.4 Å². The molecule has 1 aliphatic rings. The average Bonchev–Trinajstić information content (AvgIpc) is 2.73. The maximum Gasteiger partial charge on any atom is 0.261 e. The highest BCUT2D eigenvalue weighted by Crippen LogP contribution is 2.24. The summed E-state index contributed by atoms with van der Waals surface area (Å²) in [6.45, 7) is 8.57. The van der Waals surface area contributed by atoms with Gasteiger partial charge in [-0.25, -0.2) is 0 Å². The minimum atomic E-state index is -0.487. The third-order valence-electron chi connectivity index (χ3n) is 5.59. The van der Waals surface area contributed by atoms with E-state index in [-0.39, 0.29) is 11.9 Å². The van der Waals surface area contributed by atoms with Gasteiger partial charge in [0.05, 0.1) is 6.04 Å². The van der Waals surface area contributed by atoms with Gasteiger partial charge in [0, 0.05) is 18.8 Å². The zero-order chi connectivity index (χ0) is 19.9. The molecule has 0 aliphatic carbocycles. The van der Waals surface area contributed by atoms with Crippen LogP contribution in [0.2, 0.25) is 0 Å². The minimum Gasteiger partial charge on any atom is -0.481 e. The molecule has 1 saturated heterocycles.